The van der Waals surface area contributed by atoms with Gasteiger partial charge in [0.05, 0.1) is 35.0 Å². The summed E-state index contributed by atoms with van der Waals surface area (Å²) < 4.78 is 11.4. The van der Waals surface area contributed by atoms with Gasteiger partial charge in [-0.25, -0.2) is 0 Å². The first-order valence-electron chi connectivity index (χ1n) is 8.15. The number of aromatic nitrogens is 2. The largest absolute Gasteiger partial charge is 0.618 e. The van der Waals surface area contributed by atoms with Crippen LogP contribution in [0.5, 0.6) is 11.5 Å². The maximum Gasteiger partial charge on any atom is 0.322 e. The van der Waals surface area contributed by atoms with Crippen molar-refractivity contribution in [2.75, 3.05) is 12.4 Å². The van der Waals surface area contributed by atoms with Gasteiger partial charge >= 0.3 is 5.91 Å². The number of hydrogen-bond donors (Lipinski definition) is 2. The van der Waals surface area contributed by atoms with E-state index in [1.165, 1.54) is 25.6 Å². The van der Waals surface area contributed by atoms with Crippen molar-refractivity contribution >= 4 is 34.8 Å². The fraction of sp³-hybridized carbons (Fsp3) is 0.353. The van der Waals surface area contributed by atoms with Gasteiger partial charge in [-0.15, -0.1) is 0 Å². The molecule has 3 rings (SSSR count). The van der Waals surface area contributed by atoms with Gasteiger partial charge in [-0.2, -0.15) is 4.73 Å². The first-order chi connectivity index (χ1) is 12.9. The number of amides is 1. The Balaban J connectivity index is 1.88. The van der Waals surface area contributed by atoms with Gasteiger partial charge in [0.25, 0.3) is 5.69 Å². The van der Waals surface area contributed by atoms with Crippen LogP contribution in [0, 0.1) is 5.21 Å². The van der Waals surface area contributed by atoms with Crippen LogP contribution in [0.3, 0.4) is 0 Å². The van der Waals surface area contributed by atoms with E-state index in [1.807, 2.05) is 0 Å². The second-order valence-corrected chi connectivity index (χ2v) is 6.87. The topological polar surface area (TPSA) is 108 Å². The minimum absolute atomic E-state index is 0.137. The summed E-state index contributed by atoms with van der Waals surface area (Å²) in [6, 6.07) is 1.29. The maximum atomic E-state index is 12.6. The summed E-state index contributed by atoms with van der Waals surface area (Å²) in [4.78, 5) is 16.4. The number of hydrogen-bond acceptors (Lipinski definition) is 6. The lowest BCUT2D eigenvalue weighted by molar-refractivity contribution is -0.608. The Labute approximate surface area is 165 Å². The van der Waals surface area contributed by atoms with Crippen molar-refractivity contribution in [2.24, 2.45) is 0 Å². The average Bonchev–Trinajstić information content (AvgIpc) is 3.04. The second kappa shape index (κ2) is 8.16. The van der Waals surface area contributed by atoms with Gasteiger partial charge in [-0.1, -0.05) is 23.2 Å². The standard InChI is InChI=1S/C17H17Cl2N3O5/c1-26-15-8-22(25)13(5-14(15)27-10-3-2-9(23)4-10)17(24)21-16-11(18)6-20-7-12(16)19/h5-10,23H,2-4H2,1H3,(H,20,21,24)/t9-,10-/m1/s1. The van der Waals surface area contributed by atoms with Crippen molar-refractivity contribution in [2.45, 2.75) is 31.5 Å². The highest BCUT2D eigenvalue weighted by atomic mass is 35.5. The van der Waals surface area contributed by atoms with Gasteiger partial charge in [-0.3, -0.25) is 9.78 Å². The quantitative estimate of drug-likeness (QED) is 0.575. The van der Waals surface area contributed by atoms with E-state index in [0.717, 1.165) is 6.20 Å². The molecule has 2 heterocycles. The number of anilines is 1. The first-order valence-corrected chi connectivity index (χ1v) is 8.91. The number of nitrogens with zero attached hydrogens (tertiary/aromatic N) is 2. The highest BCUT2D eigenvalue weighted by Gasteiger charge is 2.28. The van der Waals surface area contributed by atoms with Gasteiger partial charge in [0.15, 0.2) is 5.75 Å². The number of nitrogens with one attached hydrogen (secondary N) is 1. The summed E-state index contributed by atoms with van der Waals surface area (Å²) in [7, 11) is 1.39. The highest BCUT2D eigenvalue weighted by Crippen LogP contribution is 2.32. The third kappa shape index (κ3) is 4.35. The fourth-order valence-corrected chi connectivity index (χ4v) is 3.28. The van der Waals surface area contributed by atoms with Gasteiger partial charge in [0.2, 0.25) is 11.9 Å². The second-order valence-electron chi connectivity index (χ2n) is 6.06. The van der Waals surface area contributed by atoms with E-state index in [2.05, 4.69) is 10.3 Å². The molecular weight excluding hydrogens is 397 g/mol. The molecule has 0 aliphatic heterocycles. The molecule has 1 aliphatic rings. The minimum atomic E-state index is -0.723. The number of aliphatic hydroxyl groups is 1. The lowest BCUT2D eigenvalue weighted by Gasteiger charge is -2.16. The number of halogens is 2. The van der Waals surface area contributed by atoms with Crippen molar-refractivity contribution in [3.8, 4) is 11.5 Å². The molecule has 0 spiro atoms. The molecule has 27 heavy (non-hydrogen) atoms. The van der Waals surface area contributed by atoms with Crippen LogP contribution in [0.15, 0.2) is 24.7 Å². The monoisotopic (exact) mass is 413 g/mol. The van der Waals surface area contributed by atoms with Crippen LogP contribution in [0.2, 0.25) is 10.0 Å². The summed E-state index contributed by atoms with van der Waals surface area (Å²) in [5.41, 5.74) is -0.0798. The molecule has 2 aromatic heterocycles. The fourth-order valence-electron chi connectivity index (χ4n) is 2.82. The van der Waals surface area contributed by atoms with E-state index in [4.69, 9.17) is 32.7 Å². The zero-order valence-electron chi connectivity index (χ0n) is 14.3. The number of pyridine rings is 2. The predicted octanol–water partition coefficient (Wildman–Crippen LogP) is 2.57. The van der Waals surface area contributed by atoms with Crippen LogP contribution in [-0.4, -0.2) is 35.3 Å². The van der Waals surface area contributed by atoms with E-state index in [0.29, 0.717) is 24.0 Å². The van der Waals surface area contributed by atoms with Crippen molar-refractivity contribution in [3.63, 3.8) is 0 Å². The summed E-state index contributed by atoms with van der Waals surface area (Å²) in [5, 5.41) is 24.7. The Hall–Kier alpha value is -2.29. The Morgan fingerprint density at radius 3 is 2.63 bits per heavy atom. The van der Waals surface area contributed by atoms with Crippen LogP contribution >= 0.6 is 23.2 Å². The Morgan fingerprint density at radius 2 is 2.04 bits per heavy atom. The molecule has 0 unspecified atom stereocenters. The molecule has 0 bridgehead atoms. The van der Waals surface area contributed by atoms with Crippen molar-refractivity contribution in [3.05, 3.63) is 45.6 Å². The SMILES string of the molecule is COc1c[n+]([O-])c(C(=O)Nc2c(Cl)cncc2Cl)cc1O[C@@H]1CC[C@@H](O)C1. The summed E-state index contributed by atoms with van der Waals surface area (Å²) >= 11 is 12.0. The van der Waals surface area contributed by atoms with Crippen molar-refractivity contribution < 1.29 is 24.1 Å². The molecule has 1 fully saturated rings. The molecule has 1 aliphatic carbocycles. The minimum Gasteiger partial charge on any atom is -0.618 e. The molecule has 0 radical (unpaired) electrons. The normalized spacial score (nSPS) is 19.0. The van der Waals surface area contributed by atoms with Crippen molar-refractivity contribution in [1.29, 1.82) is 0 Å². The molecular formula is C17H17Cl2N3O5. The third-order valence-corrected chi connectivity index (χ3v) is 4.75. The number of aliphatic hydroxyl groups excluding tert-OH is 1. The molecule has 1 amide bonds. The van der Waals surface area contributed by atoms with E-state index in [9.17, 15) is 15.1 Å². The molecule has 8 nitrogen and oxygen atoms in total. The average molecular weight is 414 g/mol. The predicted molar refractivity (Wildman–Crippen MR) is 98.4 cm³/mol. The number of ether oxygens (including phenoxy) is 2. The van der Waals surface area contributed by atoms with Crippen LogP contribution < -0.4 is 19.5 Å². The van der Waals surface area contributed by atoms with Crippen LogP contribution in [0.1, 0.15) is 29.8 Å². The lowest BCUT2D eigenvalue weighted by Crippen LogP contribution is -2.37. The van der Waals surface area contributed by atoms with Crippen molar-refractivity contribution in [1.82, 2.24) is 4.98 Å². The molecule has 2 atom stereocenters. The smallest absolute Gasteiger partial charge is 0.322 e. The summed E-state index contributed by atoms with van der Waals surface area (Å²) in [6.45, 7) is 0. The Bertz CT molecular complexity index is 844. The van der Waals surface area contributed by atoms with Gasteiger partial charge in [0, 0.05) is 18.8 Å². The number of rotatable bonds is 5. The summed E-state index contributed by atoms with van der Waals surface area (Å²) in [6.07, 6.45) is 4.87. The molecule has 2 aromatic rings. The van der Waals surface area contributed by atoms with E-state index in [1.54, 1.807) is 0 Å². The van der Waals surface area contributed by atoms with Crippen LogP contribution in [0.25, 0.3) is 0 Å². The molecule has 0 saturated heterocycles. The summed E-state index contributed by atoms with van der Waals surface area (Å²) in [5.74, 6) is -0.303. The van der Waals surface area contributed by atoms with E-state index in [-0.39, 0.29) is 39.0 Å². The third-order valence-electron chi connectivity index (χ3n) is 4.18. The molecule has 2 N–H and O–H groups in total. The number of methoxy groups -OCH3 is 1. The van der Waals surface area contributed by atoms with E-state index >= 15 is 0 Å². The maximum absolute atomic E-state index is 12.6. The van der Waals surface area contributed by atoms with Gasteiger partial charge < -0.3 is 25.1 Å². The molecule has 144 valence electrons. The van der Waals surface area contributed by atoms with E-state index < -0.39 is 12.0 Å². The Kier molecular flexibility index (Phi) is 5.88. The van der Waals surface area contributed by atoms with Crippen LogP contribution in [0.4, 0.5) is 5.69 Å². The molecule has 0 aromatic carbocycles. The van der Waals surface area contributed by atoms with Crippen LogP contribution in [-0.2, 0) is 0 Å². The Morgan fingerprint density at radius 1 is 1.33 bits per heavy atom. The number of carbonyl (C=O) groups excluding carboxylic acids is 1. The molecule has 1 saturated carbocycles. The number of carbonyl (C=O) groups is 1. The first kappa shape index (κ1) is 19.5. The lowest BCUT2D eigenvalue weighted by atomic mass is 10.2. The zero-order valence-corrected chi connectivity index (χ0v) is 15.8. The van der Waals surface area contributed by atoms with Gasteiger partial charge in [0.1, 0.15) is 6.10 Å². The van der Waals surface area contributed by atoms with Gasteiger partial charge in [-0.05, 0) is 12.8 Å². The molecule has 10 heteroatoms. The zero-order chi connectivity index (χ0) is 19.6. The highest BCUT2D eigenvalue weighted by molar-refractivity contribution is 6.39.